The minimum absolute atomic E-state index is 0. The van der Waals surface area contributed by atoms with E-state index in [-0.39, 0.29) is 49.3 Å². The molecule has 0 unspecified atom stereocenters. The van der Waals surface area contributed by atoms with Gasteiger partial charge in [0, 0.05) is 22.3 Å². The van der Waals surface area contributed by atoms with E-state index < -0.39 is 0 Å². The number of phenolic OH excluding ortho intramolecular Hbond substituents is 2. The van der Waals surface area contributed by atoms with Crippen LogP contribution >= 0.6 is 0 Å². The molecule has 2 aliphatic carbocycles. The van der Waals surface area contributed by atoms with E-state index in [2.05, 4.69) is 24.3 Å². The average Bonchev–Trinajstić information content (AvgIpc) is 3.79. The molecule has 0 saturated carbocycles. The van der Waals surface area contributed by atoms with Gasteiger partial charge in [-0.25, -0.2) is 24.3 Å². The minimum atomic E-state index is -0.0319. The molecule has 0 radical (unpaired) electrons. The van der Waals surface area contributed by atoms with E-state index >= 15 is 0 Å². The van der Waals surface area contributed by atoms with Crippen molar-refractivity contribution in [2.45, 2.75) is 12.8 Å². The van der Waals surface area contributed by atoms with E-state index in [4.69, 9.17) is 10.2 Å². The summed E-state index contributed by atoms with van der Waals surface area (Å²) in [5.41, 5.74) is 2.48. The molecule has 0 heterocycles. The molecule has 0 aliphatic heterocycles. The number of hydrogen-bond donors (Lipinski definition) is 2. The molecular weight excluding hydrogens is 588 g/mol. The van der Waals surface area contributed by atoms with E-state index in [9.17, 15) is 9.59 Å². The van der Waals surface area contributed by atoms with Crippen molar-refractivity contribution in [1.29, 1.82) is 0 Å². The zero-order valence-corrected chi connectivity index (χ0v) is 24.9. The van der Waals surface area contributed by atoms with Crippen LogP contribution in [0.5, 0.6) is 11.5 Å². The Kier molecular flexibility index (Phi) is 15.1. The predicted octanol–water partition coefficient (Wildman–Crippen LogP) is 7.86. The van der Waals surface area contributed by atoms with E-state index in [0.29, 0.717) is 22.3 Å². The molecule has 0 aromatic heterocycles. The number of rotatable bonds is 4. The van der Waals surface area contributed by atoms with Gasteiger partial charge in [0.25, 0.3) is 0 Å². The zero-order valence-electron chi connectivity index (χ0n) is 22.5. The fraction of sp³-hybridized carbons (Fsp3) is 0.0556. The summed E-state index contributed by atoms with van der Waals surface area (Å²) in [6.07, 6.45) is 20.0. The summed E-state index contributed by atoms with van der Waals surface area (Å²) in [7, 11) is 0. The first-order valence-corrected chi connectivity index (χ1v) is 12.8. The molecule has 5 heteroatoms. The van der Waals surface area contributed by atoms with Crippen molar-refractivity contribution in [3.63, 3.8) is 0 Å². The molecule has 0 atom stereocenters. The van der Waals surface area contributed by atoms with Gasteiger partial charge in [-0.15, -0.1) is 12.8 Å². The Hall–Kier alpha value is -4.34. The fourth-order valence-corrected chi connectivity index (χ4v) is 3.42. The first-order chi connectivity index (χ1) is 19.5. The van der Waals surface area contributed by atoms with Crippen LogP contribution in [0.15, 0.2) is 146 Å². The molecule has 6 rings (SSSR count). The molecule has 41 heavy (non-hydrogen) atoms. The van der Waals surface area contributed by atoms with Gasteiger partial charge in [0.05, 0.1) is 0 Å². The van der Waals surface area contributed by atoms with Gasteiger partial charge in [-0.1, -0.05) is 60.7 Å². The summed E-state index contributed by atoms with van der Waals surface area (Å²) in [5, 5.41) is 18.2. The van der Waals surface area contributed by atoms with Crippen molar-refractivity contribution in [3.05, 3.63) is 180 Å². The van der Waals surface area contributed by atoms with E-state index in [1.807, 2.05) is 60.7 Å². The fourth-order valence-electron chi connectivity index (χ4n) is 3.42. The number of allylic oxidation sites excluding steroid dienone is 8. The number of aromatic hydroxyl groups is 2. The summed E-state index contributed by atoms with van der Waals surface area (Å²) in [5.74, 6) is 0.269. The Morgan fingerprint density at radius 2 is 0.805 bits per heavy atom. The second-order valence-electron chi connectivity index (χ2n) is 8.49. The maximum atomic E-state index is 11.9. The first kappa shape index (κ1) is 32.9. The molecular formula is C36H30O4Zr. The van der Waals surface area contributed by atoms with Gasteiger partial charge in [0.15, 0.2) is 11.6 Å². The molecule has 2 aliphatic rings. The monoisotopic (exact) mass is 616 g/mol. The molecule has 202 valence electrons. The van der Waals surface area contributed by atoms with Crippen LogP contribution in [0.1, 0.15) is 44.7 Å². The maximum absolute atomic E-state index is 11.9. The smallest absolute Gasteiger partial charge is 0.508 e. The number of phenols is 2. The van der Waals surface area contributed by atoms with Gasteiger partial charge >= 0.3 is 26.2 Å². The standard InChI is InChI=1S/2C13H10O2.2C5H5.Zr/c2*14-12-8-6-11(7-9-12)13(15)10-4-2-1-3-5-10;2*1-2-4-5-3-1;/h2*1-9,14H;2*1-3H,4H2;/q;;2*-1;+2. The molecule has 0 fully saturated rings. The molecule has 4 aromatic carbocycles. The SMILES string of the molecule is O=C(c1ccccc1)c1ccc(O)cc1.O=C(c1ccccc1)c1ccc(O)cc1.[C-]1=CC=CC1.[C-]1=CC=CC1.[Zr+2]. The van der Waals surface area contributed by atoms with Gasteiger partial charge in [0.1, 0.15) is 11.5 Å². The summed E-state index contributed by atoms with van der Waals surface area (Å²) >= 11 is 0. The molecule has 0 bridgehead atoms. The van der Waals surface area contributed by atoms with Gasteiger partial charge in [-0.3, -0.25) is 21.7 Å². The Labute approximate surface area is 260 Å². The topological polar surface area (TPSA) is 74.6 Å². The number of carbonyl (C=O) groups excluding carboxylic acids is 2. The van der Waals surface area contributed by atoms with Crippen molar-refractivity contribution >= 4 is 11.6 Å². The first-order valence-electron chi connectivity index (χ1n) is 12.8. The quantitative estimate of drug-likeness (QED) is 0.181. The third kappa shape index (κ3) is 12.2. The third-order valence-corrected chi connectivity index (χ3v) is 5.50. The normalized spacial score (nSPS) is 11.5. The molecule has 4 aromatic rings. The molecule has 0 amide bonds. The largest absolute Gasteiger partial charge is 2.00 e. The van der Waals surface area contributed by atoms with Gasteiger partial charge in [-0.2, -0.15) is 12.2 Å². The van der Waals surface area contributed by atoms with Crippen molar-refractivity contribution in [2.75, 3.05) is 0 Å². The van der Waals surface area contributed by atoms with Gasteiger partial charge in [0.2, 0.25) is 0 Å². The Balaban J connectivity index is 0.000000211. The number of ketones is 2. The van der Waals surface area contributed by atoms with E-state index in [0.717, 1.165) is 12.8 Å². The summed E-state index contributed by atoms with van der Waals surface area (Å²) < 4.78 is 0. The van der Waals surface area contributed by atoms with Crippen molar-refractivity contribution in [2.24, 2.45) is 0 Å². The van der Waals surface area contributed by atoms with E-state index in [1.165, 1.54) is 24.3 Å². The van der Waals surface area contributed by atoms with Crippen LogP contribution in [0.3, 0.4) is 0 Å². The van der Waals surface area contributed by atoms with Crippen LogP contribution in [0.4, 0.5) is 0 Å². The second kappa shape index (κ2) is 18.9. The van der Waals surface area contributed by atoms with Crippen LogP contribution in [0, 0.1) is 12.2 Å². The van der Waals surface area contributed by atoms with Crippen molar-refractivity contribution in [1.82, 2.24) is 0 Å². The third-order valence-electron chi connectivity index (χ3n) is 5.50. The van der Waals surface area contributed by atoms with Crippen LogP contribution in [-0.2, 0) is 26.2 Å². The van der Waals surface area contributed by atoms with Crippen molar-refractivity contribution in [3.8, 4) is 11.5 Å². The van der Waals surface area contributed by atoms with Crippen molar-refractivity contribution < 1.29 is 46.0 Å². The Bertz CT molecular complexity index is 1320. The average molecular weight is 618 g/mol. The van der Waals surface area contributed by atoms with Gasteiger partial charge < -0.3 is 10.2 Å². The van der Waals surface area contributed by atoms with E-state index in [1.54, 1.807) is 48.5 Å². The zero-order chi connectivity index (χ0) is 28.4. The molecule has 4 nitrogen and oxygen atoms in total. The second-order valence-corrected chi connectivity index (χ2v) is 8.49. The number of benzene rings is 4. The Morgan fingerprint density at radius 1 is 0.488 bits per heavy atom. The van der Waals surface area contributed by atoms with Crippen LogP contribution < -0.4 is 0 Å². The summed E-state index contributed by atoms with van der Waals surface area (Å²) in [4.78, 5) is 23.8. The van der Waals surface area contributed by atoms with Crippen LogP contribution in [-0.4, -0.2) is 21.8 Å². The molecule has 0 spiro atoms. The Morgan fingerprint density at radius 3 is 1.05 bits per heavy atom. The summed E-state index contributed by atoms with van der Waals surface area (Å²) in [6.45, 7) is 0. The van der Waals surface area contributed by atoms with Crippen LogP contribution in [0.25, 0.3) is 0 Å². The minimum Gasteiger partial charge on any atom is -0.508 e. The number of carbonyl (C=O) groups is 2. The molecule has 2 N–H and O–H groups in total. The van der Waals surface area contributed by atoms with Gasteiger partial charge in [-0.05, 0) is 48.5 Å². The van der Waals surface area contributed by atoms with Crippen LogP contribution in [0.2, 0.25) is 0 Å². The maximum Gasteiger partial charge on any atom is 2.00 e. The summed E-state index contributed by atoms with van der Waals surface area (Å²) in [6, 6.07) is 30.6. The predicted molar refractivity (Wildman–Crippen MR) is 159 cm³/mol. The number of hydrogen-bond acceptors (Lipinski definition) is 4. The molecule has 0 saturated heterocycles.